The minimum atomic E-state index is -0.607. The summed E-state index contributed by atoms with van der Waals surface area (Å²) in [5.74, 6) is 0.592. The normalized spacial score (nSPS) is 12.3. The number of esters is 1. The monoisotopic (exact) mass is 266 g/mol. The molecule has 1 N–H and O–H groups in total. The third-order valence-corrected chi connectivity index (χ3v) is 2.77. The van der Waals surface area contributed by atoms with Gasteiger partial charge in [-0.05, 0) is 30.4 Å². The standard InChI is InChI=1S/C15H22O4/c1-11(2)10-14(15(17)18-3)19-13-7-5-4-6-12(13)8-9-16/h4-7,11,14,16H,8-10H2,1-3H3/t14-/m1/s1. The summed E-state index contributed by atoms with van der Waals surface area (Å²) in [4.78, 5) is 11.7. The summed E-state index contributed by atoms with van der Waals surface area (Å²) < 4.78 is 10.5. The van der Waals surface area contributed by atoms with Crippen LogP contribution in [0.3, 0.4) is 0 Å². The Morgan fingerprint density at radius 1 is 1.32 bits per heavy atom. The highest BCUT2D eigenvalue weighted by atomic mass is 16.6. The highest BCUT2D eigenvalue weighted by Crippen LogP contribution is 2.22. The molecule has 4 nitrogen and oxygen atoms in total. The minimum absolute atomic E-state index is 0.0491. The number of rotatable bonds is 7. The van der Waals surface area contributed by atoms with E-state index in [-0.39, 0.29) is 12.6 Å². The van der Waals surface area contributed by atoms with Crippen molar-refractivity contribution in [3.8, 4) is 5.75 Å². The zero-order valence-electron chi connectivity index (χ0n) is 11.8. The number of carbonyl (C=O) groups is 1. The highest BCUT2D eigenvalue weighted by Gasteiger charge is 2.23. The number of ether oxygens (including phenoxy) is 2. The van der Waals surface area contributed by atoms with E-state index in [0.29, 0.717) is 24.5 Å². The van der Waals surface area contributed by atoms with Crippen LogP contribution in [0.25, 0.3) is 0 Å². The molecule has 0 unspecified atom stereocenters. The Bertz CT molecular complexity index is 401. The van der Waals surface area contributed by atoms with Crippen molar-refractivity contribution in [2.75, 3.05) is 13.7 Å². The topological polar surface area (TPSA) is 55.8 Å². The molecule has 0 amide bonds. The van der Waals surface area contributed by atoms with Crippen LogP contribution < -0.4 is 4.74 Å². The van der Waals surface area contributed by atoms with Gasteiger partial charge in [-0.3, -0.25) is 0 Å². The molecule has 0 aromatic heterocycles. The van der Waals surface area contributed by atoms with Gasteiger partial charge < -0.3 is 14.6 Å². The van der Waals surface area contributed by atoms with Crippen molar-refractivity contribution >= 4 is 5.97 Å². The summed E-state index contributed by atoms with van der Waals surface area (Å²) >= 11 is 0. The number of methoxy groups -OCH3 is 1. The predicted molar refractivity (Wildman–Crippen MR) is 73.1 cm³/mol. The van der Waals surface area contributed by atoms with Crippen LogP contribution >= 0.6 is 0 Å². The van der Waals surface area contributed by atoms with E-state index >= 15 is 0 Å². The molecule has 1 atom stereocenters. The van der Waals surface area contributed by atoms with E-state index in [4.69, 9.17) is 14.6 Å². The van der Waals surface area contributed by atoms with Crippen LogP contribution in [0.15, 0.2) is 24.3 Å². The van der Waals surface area contributed by atoms with Gasteiger partial charge in [0, 0.05) is 6.61 Å². The van der Waals surface area contributed by atoms with Crippen LogP contribution in [0.5, 0.6) is 5.75 Å². The lowest BCUT2D eigenvalue weighted by atomic mass is 10.1. The van der Waals surface area contributed by atoms with Crippen LogP contribution in [0.4, 0.5) is 0 Å². The van der Waals surface area contributed by atoms with Crippen molar-refractivity contribution < 1.29 is 19.4 Å². The molecule has 0 saturated heterocycles. The van der Waals surface area contributed by atoms with E-state index < -0.39 is 6.10 Å². The minimum Gasteiger partial charge on any atom is -0.478 e. The number of aliphatic hydroxyl groups excluding tert-OH is 1. The Hall–Kier alpha value is -1.55. The fraction of sp³-hybridized carbons (Fsp3) is 0.533. The van der Waals surface area contributed by atoms with Gasteiger partial charge in [0.05, 0.1) is 7.11 Å². The summed E-state index contributed by atoms with van der Waals surface area (Å²) in [5.41, 5.74) is 0.891. The molecule has 0 spiro atoms. The first kappa shape index (κ1) is 15.5. The summed E-state index contributed by atoms with van der Waals surface area (Å²) in [6, 6.07) is 7.42. The molecule has 4 heteroatoms. The molecule has 0 bridgehead atoms. The number of carbonyl (C=O) groups excluding carboxylic acids is 1. The lowest BCUT2D eigenvalue weighted by Gasteiger charge is -2.20. The Morgan fingerprint density at radius 3 is 2.58 bits per heavy atom. The molecule has 0 aliphatic rings. The molecule has 19 heavy (non-hydrogen) atoms. The van der Waals surface area contributed by atoms with Crippen LogP contribution in [0, 0.1) is 5.92 Å². The number of aliphatic hydroxyl groups is 1. The second kappa shape index (κ2) is 7.79. The summed E-state index contributed by atoms with van der Waals surface area (Å²) in [6.07, 6.45) is 0.496. The molecule has 0 aliphatic heterocycles. The maximum atomic E-state index is 11.7. The van der Waals surface area contributed by atoms with Gasteiger partial charge in [0.1, 0.15) is 5.75 Å². The van der Waals surface area contributed by atoms with Crippen molar-refractivity contribution in [1.82, 2.24) is 0 Å². The van der Waals surface area contributed by atoms with Gasteiger partial charge in [0.25, 0.3) is 0 Å². The van der Waals surface area contributed by atoms with Crippen molar-refractivity contribution in [2.45, 2.75) is 32.8 Å². The van der Waals surface area contributed by atoms with Crippen LogP contribution in [0.2, 0.25) is 0 Å². The Kier molecular flexibility index (Phi) is 6.36. The summed E-state index contributed by atoms with van der Waals surface area (Å²) in [7, 11) is 1.36. The van der Waals surface area contributed by atoms with Gasteiger partial charge in [-0.2, -0.15) is 0 Å². The first-order valence-corrected chi connectivity index (χ1v) is 6.51. The number of hydrogen-bond donors (Lipinski definition) is 1. The van der Waals surface area contributed by atoms with Crippen molar-refractivity contribution in [1.29, 1.82) is 0 Å². The third kappa shape index (κ3) is 4.91. The van der Waals surface area contributed by atoms with E-state index in [1.165, 1.54) is 7.11 Å². The largest absolute Gasteiger partial charge is 0.478 e. The van der Waals surface area contributed by atoms with E-state index in [2.05, 4.69) is 0 Å². The van der Waals surface area contributed by atoms with E-state index in [1.54, 1.807) is 6.07 Å². The zero-order valence-corrected chi connectivity index (χ0v) is 11.8. The smallest absolute Gasteiger partial charge is 0.347 e. The molecule has 0 radical (unpaired) electrons. The Morgan fingerprint density at radius 2 is 2.00 bits per heavy atom. The molecule has 0 saturated carbocycles. The summed E-state index contributed by atoms with van der Waals surface area (Å²) in [6.45, 7) is 4.10. The maximum absolute atomic E-state index is 11.7. The lowest BCUT2D eigenvalue weighted by Crippen LogP contribution is -2.30. The lowest BCUT2D eigenvalue weighted by molar-refractivity contribution is -0.149. The molecule has 0 heterocycles. The molecule has 106 valence electrons. The molecular weight excluding hydrogens is 244 g/mol. The first-order valence-electron chi connectivity index (χ1n) is 6.51. The van der Waals surface area contributed by atoms with Crippen LogP contribution in [-0.2, 0) is 16.0 Å². The summed E-state index contributed by atoms with van der Waals surface area (Å²) in [5, 5.41) is 9.03. The number of para-hydroxylation sites is 1. The van der Waals surface area contributed by atoms with Gasteiger partial charge in [0.15, 0.2) is 6.10 Å². The van der Waals surface area contributed by atoms with Crippen molar-refractivity contribution in [3.63, 3.8) is 0 Å². The molecular formula is C15H22O4. The highest BCUT2D eigenvalue weighted by molar-refractivity contribution is 5.75. The molecule has 1 aromatic carbocycles. The van der Waals surface area contributed by atoms with Crippen molar-refractivity contribution in [2.24, 2.45) is 5.92 Å². The molecule has 0 fully saturated rings. The molecule has 1 rings (SSSR count). The average Bonchev–Trinajstić information content (AvgIpc) is 2.39. The molecule has 1 aromatic rings. The second-order valence-corrected chi connectivity index (χ2v) is 4.84. The van der Waals surface area contributed by atoms with Gasteiger partial charge in [-0.25, -0.2) is 4.79 Å². The van der Waals surface area contributed by atoms with E-state index in [9.17, 15) is 4.79 Å². The number of hydrogen-bond acceptors (Lipinski definition) is 4. The van der Waals surface area contributed by atoms with Crippen LogP contribution in [-0.4, -0.2) is 30.9 Å². The second-order valence-electron chi connectivity index (χ2n) is 4.84. The van der Waals surface area contributed by atoms with Gasteiger partial charge in [-0.15, -0.1) is 0 Å². The quantitative estimate of drug-likeness (QED) is 0.769. The SMILES string of the molecule is COC(=O)[C@@H](CC(C)C)Oc1ccccc1CCO. The fourth-order valence-electron chi connectivity index (χ4n) is 1.85. The Balaban J connectivity index is 2.86. The predicted octanol–water partition coefficient (Wildman–Crippen LogP) is 2.19. The fourth-order valence-corrected chi connectivity index (χ4v) is 1.85. The van der Waals surface area contributed by atoms with E-state index in [0.717, 1.165) is 5.56 Å². The van der Waals surface area contributed by atoms with Gasteiger partial charge in [-0.1, -0.05) is 32.0 Å². The molecule has 0 aliphatic carbocycles. The number of benzene rings is 1. The van der Waals surface area contributed by atoms with Crippen LogP contribution in [0.1, 0.15) is 25.8 Å². The van der Waals surface area contributed by atoms with E-state index in [1.807, 2.05) is 32.0 Å². The van der Waals surface area contributed by atoms with Crippen molar-refractivity contribution in [3.05, 3.63) is 29.8 Å². The maximum Gasteiger partial charge on any atom is 0.347 e. The van der Waals surface area contributed by atoms with Gasteiger partial charge in [0.2, 0.25) is 0 Å². The zero-order chi connectivity index (χ0) is 14.3. The Labute approximate surface area is 114 Å². The average molecular weight is 266 g/mol. The van der Waals surface area contributed by atoms with Gasteiger partial charge >= 0.3 is 5.97 Å². The third-order valence-electron chi connectivity index (χ3n) is 2.77. The first-order chi connectivity index (χ1) is 9.08.